The highest BCUT2D eigenvalue weighted by Gasteiger charge is 2.40. The molecule has 0 saturated carbocycles. The van der Waals surface area contributed by atoms with Crippen LogP contribution in [0.3, 0.4) is 0 Å². The highest BCUT2D eigenvalue weighted by Crippen LogP contribution is 2.49. The zero-order valence-electron chi connectivity index (χ0n) is 24.8. The van der Waals surface area contributed by atoms with Crippen molar-refractivity contribution >= 4 is 41.0 Å². The summed E-state index contributed by atoms with van der Waals surface area (Å²) in [6, 6.07) is 18.6. The van der Waals surface area contributed by atoms with Crippen molar-refractivity contribution in [1.29, 1.82) is 0 Å². The van der Waals surface area contributed by atoms with E-state index in [-0.39, 0.29) is 35.9 Å². The Hall–Kier alpha value is -4.02. The highest BCUT2D eigenvalue weighted by atomic mass is 35.5. The van der Waals surface area contributed by atoms with E-state index in [1.54, 1.807) is 42.1 Å². The van der Waals surface area contributed by atoms with Gasteiger partial charge in [0.05, 0.1) is 48.8 Å². The summed E-state index contributed by atoms with van der Waals surface area (Å²) in [5.41, 5.74) is 3.60. The fourth-order valence-corrected chi connectivity index (χ4v) is 6.40. The Morgan fingerprint density at radius 3 is 2.53 bits per heavy atom. The van der Waals surface area contributed by atoms with Gasteiger partial charge in [-0.1, -0.05) is 50.6 Å². The lowest BCUT2D eigenvalue weighted by atomic mass is 9.87. The maximum atomic E-state index is 13.9. The Labute approximate surface area is 260 Å². The maximum absolute atomic E-state index is 13.9. The summed E-state index contributed by atoms with van der Waals surface area (Å²) in [6.45, 7) is 6.33. The number of hydrogen-bond acceptors (Lipinski definition) is 7. The van der Waals surface area contributed by atoms with Crippen LogP contribution in [0.25, 0.3) is 5.69 Å². The highest BCUT2D eigenvalue weighted by molar-refractivity contribution is 8.00. The summed E-state index contributed by atoms with van der Waals surface area (Å²) < 4.78 is 12.9. The van der Waals surface area contributed by atoms with E-state index >= 15 is 0 Å². The second-order valence-corrected chi connectivity index (χ2v) is 12.6. The third kappa shape index (κ3) is 6.50. The van der Waals surface area contributed by atoms with E-state index < -0.39 is 5.41 Å². The van der Waals surface area contributed by atoms with Crippen LogP contribution in [0.15, 0.2) is 66.9 Å². The molecule has 1 aliphatic heterocycles. The third-order valence-corrected chi connectivity index (χ3v) is 8.55. The van der Waals surface area contributed by atoms with Crippen LogP contribution in [0, 0.1) is 0 Å². The molecule has 0 fully saturated rings. The number of pyridine rings is 1. The number of amides is 2. The molecule has 1 N–H and O–H groups in total. The van der Waals surface area contributed by atoms with Crippen LogP contribution in [-0.4, -0.2) is 53.1 Å². The molecule has 43 heavy (non-hydrogen) atoms. The van der Waals surface area contributed by atoms with Crippen molar-refractivity contribution in [2.45, 2.75) is 38.0 Å². The summed E-state index contributed by atoms with van der Waals surface area (Å²) in [5.74, 6) is 1.37. The lowest BCUT2D eigenvalue weighted by molar-refractivity contribution is -0.123. The van der Waals surface area contributed by atoms with E-state index in [0.717, 1.165) is 22.5 Å². The molecule has 0 radical (unpaired) electrons. The molecule has 5 rings (SSSR count). The largest absolute Gasteiger partial charge is 0.493 e. The van der Waals surface area contributed by atoms with E-state index in [9.17, 15) is 9.59 Å². The molecule has 1 atom stereocenters. The van der Waals surface area contributed by atoms with Crippen LogP contribution in [0.2, 0.25) is 5.02 Å². The van der Waals surface area contributed by atoms with Gasteiger partial charge in [-0.2, -0.15) is 5.10 Å². The van der Waals surface area contributed by atoms with Crippen LogP contribution in [0.1, 0.15) is 48.5 Å². The minimum Gasteiger partial charge on any atom is -0.493 e. The molecule has 1 unspecified atom stereocenters. The first-order valence-corrected chi connectivity index (χ1v) is 15.2. The predicted octanol–water partition coefficient (Wildman–Crippen LogP) is 5.72. The second-order valence-electron chi connectivity index (χ2n) is 11.1. The third-order valence-electron chi connectivity index (χ3n) is 7.06. The van der Waals surface area contributed by atoms with Gasteiger partial charge in [0.1, 0.15) is 12.4 Å². The molecule has 0 saturated heterocycles. The number of benzene rings is 2. The van der Waals surface area contributed by atoms with Gasteiger partial charge in [-0.15, -0.1) is 11.8 Å². The van der Waals surface area contributed by atoms with Crippen molar-refractivity contribution in [3.8, 4) is 17.2 Å². The Morgan fingerprint density at radius 1 is 1.07 bits per heavy atom. The average Bonchev–Trinajstić information content (AvgIpc) is 3.34. The number of nitrogens with zero attached hydrogens (tertiary/aromatic N) is 4. The normalized spacial score (nSPS) is 15.1. The molecule has 2 amide bonds. The summed E-state index contributed by atoms with van der Waals surface area (Å²) in [5, 5.41) is 8.26. The Balaban J connectivity index is 1.67. The zero-order chi connectivity index (χ0) is 30.7. The quantitative estimate of drug-likeness (QED) is 0.269. The molecule has 4 aromatic rings. The number of fused-ring (bicyclic) bond motifs is 1. The second kappa shape index (κ2) is 12.7. The number of thioether (sulfide) groups is 1. The van der Waals surface area contributed by atoms with Crippen LogP contribution in [-0.2, 0) is 21.5 Å². The van der Waals surface area contributed by atoms with Crippen molar-refractivity contribution in [1.82, 2.24) is 20.1 Å². The molecule has 9 nitrogen and oxygen atoms in total. The summed E-state index contributed by atoms with van der Waals surface area (Å²) in [7, 11) is 3.19. The first kappa shape index (κ1) is 30.4. The number of nitrogens with one attached hydrogen (secondary N) is 1. The minimum absolute atomic E-state index is 0.153. The Bertz CT molecular complexity index is 1640. The van der Waals surface area contributed by atoms with Gasteiger partial charge in [-0.05, 0) is 48.0 Å². The van der Waals surface area contributed by atoms with Gasteiger partial charge >= 0.3 is 0 Å². The zero-order valence-corrected chi connectivity index (χ0v) is 26.3. The molecule has 1 aliphatic rings. The van der Waals surface area contributed by atoms with Gasteiger partial charge in [0.25, 0.3) is 0 Å². The summed E-state index contributed by atoms with van der Waals surface area (Å²) in [6.07, 6.45) is 1.68. The number of carbonyl (C=O) groups is 2. The minimum atomic E-state index is -0.399. The molecular weight excluding hydrogens is 586 g/mol. The molecular formula is C32H34ClN5O4S. The van der Waals surface area contributed by atoms with Crippen molar-refractivity contribution in [2.75, 3.05) is 31.4 Å². The number of rotatable bonds is 8. The predicted molar refractivity (Wildman–Crippen MR) is 170 cm³/mol. The van der Waals surface area contributed by atoms with Gasteiger partial charge in [0.15, 0.2) is 11.5 Å². The standard InChI is InChI=1S/C32H34ClN5O4S/c1-32(2,3)30-28-29(20-12-13-24(41-4)25(15-20)42-5)43-19-27(40)37(18-26(39)35-17-22-10-6-7-14-34-22)31(28)38(36-30)23-11-8-9-21(33)16-23/h6-16,29H,17-19H2,1-5H3,(H,35,39). The van der Waals surface area contributed by atoms with Gasteiger partial charge in [-0.25, -0.2) is 4.68 Å². The van der Waals surface area contributed by atoms with E-state index in [2.05, 4.69) is 31.1 Å². The van der Waals surface area contributed by atoms with Crippen molar-refractivity contribution in [3.63, 3.8) is 0 Å². The first-order valence-electron chi connectivity index (χ1n) is 13.8. The number of ether oxygens (including phenoxy) is 2. The summed E-state index contributed by atoms with van der Waals surface area (Å²) >= 11 is 7.92. The Kier molecular flexibility index (Phi) is 8.98. The molecule has 2 aromatic heterocycles. The Morgan fingerprint density at radius 2 is 1.86 bits per heavy atom. The number of methoxy groups -OCH3 is 2. The molecule has 0 bridgehead atoms. The number of hydrogen-bond donors (Lipinski definition) is 1. The SMILES string of the molecule is COc1ccc(C2SCC(=O)N(CC(=O)NCc3ccccn3)c3c2c(C(C)(C)C)nn3-c2cccc(Cl)c2)cc1OC. The number of anilines is 1. The molecule has 0 aliphatic carbocycles. The molecule has 3 heterocycles. The molecule has 2 aromatic carbocycles. The lowest BCUT2D eigenvalue weighted by Crippen LogP contribution is -2.42. The molecule has 224 valence electrons. The number of halogens is 1. The van der Waals surface area contributed by atoms with Crippen LogP contribution < -0.4 is 19.7 Å². The van der Waals surface area contributed by atoms with Crippen LogP contribution >= 0.6 is 23.4 Å². The maximum Gasteiger partial charge on any atom is 0.240 e. The lowest BCUT2D eigenvalue weighted by Gasteiger charge is -2.25. The average molecular weight is 620 g/mol. The monoisotopic (exact) mass is 619 g/mol. The smallest absolute Gasteiger partial charge is 0.240 e. The van der Waals surface area contributed by atoms with Crippen molar-refractivity contribution in [3.05, 3.63) is 94.4 Å². The first-order chi connectivity index (χ1) is 20.6. The van der Waals surface area contributed by atoms with Crippen molar-refractivity contribution < 1.29 is 19.1 Å². The molecule has 11 heteroatoms. The fourth-order valence-electron chi connectivity index (χ4n) is 5.03. The van der Waals surface area contributed by atoms with Gasteiger partial charge < -0.3 is 14.8 Å². The van der Waals surface area contributed by atoms with Crippen LogP contribution in [0.5, 0.6) is 11.5 Å². The van der Waals surface area contributed by atoms with E-state index in [4.69, 9.17) is 26.2 Å². The van der Waals surface area contributed by atoms with Crippen LogP contribution in [0.4, 0.5) is 5.82 Å². The van der Waals surface area contributed by atoms with Gasteiger partial charge in [0.2, 0.25) is 11.8 Å². The number of carbonyl (C=O) groups excluding carboxylic acids is 2. The summed E-state index contributed by atoms with van der Waals surface area (Å²) in [4.78, 5) is 33.1. The van der Waals surface area contributed by atoms with E-state index in [0.29, 0.717) is 28.0 Å². The fraction of sp³-hybridized carbons (Fsp3) is 0.312. The number of aromatic nitrogens is 3. The van der Waals surface area contributed by atoms with Gasteiger partial charge in [0, 0.05) is 22.2 Å². The van der Waals surface area contributed by atoms with E-state index in [1.807, 2.05) is 48.5 Å². The topological polar surface area (TPSA) is 98.6 Å². The van der Waals surface area contributed by atoms with Crippen molar-refractivity contribution in [2.24, 2.45) is 0 Å². The molecule has 0 spiro atoms. The van der Waals surface area contributed by atoms with Gasteiger partial charge in [-0.3, -0.25) is 19.5 Å². The van der Waals surface area contributed by atoms with E-state index in [1.165, 1.54) is 11.8 Å².